The molecule has 7 N–H and O–H groups in total. The van der Waals surface area contributed by atoms with Crippen molar-refractivity contribution in [2.75, 3.05) is 76.1 Å². The van der Waals surface area contributed by atoms with E-state index in [2.05, 4.69) is 35.9 Å². The topological polar surface area (TPSA) is 271 Å². The van der Waals surface area contributed by atoms with Crippen molar-refractivity contribution in [3.63, 3.8) is 0 Å². The van der Waals surface area contributed by atoms with Gasteiger partial charge in [0.15, 0.2) is 17.0 Å². The summed E-state index contributed by atoms with van der Waals surface area (Å²) in [7, 11) is 1.82. The summed E-state index contributed by atoms with van der Waals surface area (Å²) in [6.07, 6.45) is 2.04. The standard InChI is InChI=1S/C35H52N10O9.Li/c1-35(2,3)54-34(50)39-14-6-16-52-18-20-53-19-17-51-15-5-13-38-27(46)12-11-26(32(48)49)42-31(47)23-7-9-25(10-8-23)45(4)22-24-21-40-30-28(41-24)29(36)43-33(37)44-30;/h7-10,21,26H,5-6,11-20,22H2,1-4H3,(H,38,46)(H,39,50)(H,42,47)(H,48,49)(H4,36,37,40,43,44);/q;+1/p-1. The number of nitrogen functional groups attached to an aromatic ring is 2. The summed E-state index contributed by atoms with van der Waals surface area (Å²) in [5.74, 6) is -2.34. The summed E-state index contributed by atoms with van der Waals surface area (Å²) in [6, 6.07) is 5.16. The van der Waals surface area contributed by atoms with Gasteiger partial charge in [-0.25, -0.2) is 14.8 Å². The minimum atomic E-state index is -1.49. The van der Waals surface area contributed by atoms with Crippen LogP contribution >= 0.6 is 0 Å². The van der Waals surface area contributed by atoms with Crippen LogP contribution in [0, 0.1) is 0 Å². The number of fused-ring (bicyclic) bond motifs is 1. The van der Waals surface area contributed by atoms with E-state index in [1.165, 1.54) is 0 Å². The van der Waals surface area contributed by atoms with E-state index in [4.69, 9.17) is 30.4 Å². The number of carboxylic acids is 1. The Bertz CT molecular complexity index is 1680. The van der Waals surface area contributed by atoms with E-state index in [1.54, 1.807) is 51.2 Å². The largest absolute Gasteiger partial charge is 1.00 e. The van der Waals surface area contributed by atoms with Crippen molar-refractivity contribution in [2.24, 2.45) is 0 Å². The first-order valence-corrected chi connectivity index (χ1v) is 17.6. The third kappa shape index (κ3) is 17.9. The first-order valence-electron chi connectivity index (χ1n) is 17.6. The molecule has 0 saturated heterocycles. The molecule has 1 aromatic carbocycles. The third-order valence-corrected chi connectivity index (χ3v) is 7.39. The van der Waals surface area contributed by atoms with Crippen LogP contribution in [0.5, 0.6) is 0 Å². The molecular formula is C35H51LiN10O9. The van der Waals surface area contributed by atoms with Crippen LogP contribution in [0.4, 0.5) is 22.2 Å². The molecule has 20 heteroatoms. The van der Waals surface area contributed by atoms with Crippen molar-refractivity contribution < 1.29 is 62.1 Å². The van der Waals surface area contributed by atoms with Gasteiger partial charge < -0.3 is 61.2 Å². The number of nitrogens with one attached hydrogen (secondary N) is 3. The van der Waals surface area contributed by atoms with E-state index in [0.29, 0.717) is 83.3 Å². The molecule has 19 nitrogen and oxygen atoms in total. The fourth-order valence-electron chi connectivity index (χ4n) is 4.74. The molecule has 0 radical (unpaired) electrons. The Morgan fingerprint density at radius 1 is 0.873 bits per heavy atom. The number of hydrogen-bond acceptors (Lipinski definition) is 16. The van der Waals surface area contributed by atoms with Gasteiger partial charge in [0.2, 0.25) is 11.9 Å². The SMILES string of the molecule is CN(Cc1cnc2nc(N)nc(N)c2n1)c1ccc(C(=O)NC(CCC(=O)NCCCOCCOCCOCCCNC(=O)OC(C)(C)C)C(=O)[O-])cc1.[Li+]. The molecule has 2 heterocycles. The minimum Gasteiger partial charge on any atom is -0.548 e. The number of hydrogen-bond donors (Lipinski definition) is 5. The number of nitrogens with two attached hydrogens (primary N) is 2. The van der Waals surface area contributed by atoms with Crippen molar-refractivity contribution in [3.8, 4) is 0 Å². The fraction of sp³-hybridized carbons (Fsp3) is 0.543. The Morgan fingerprint density at radius 2 is 1.47 bits per heavy atom. The summed E-state index contributed by atoms with van der Waals surface area (Å²) in [4.78, 5) is 66.9. The normalized spacial score (nSPS) is 11.6. The number of benzene rings is 1. The monoisotopic (exact) mass is 762 g/mol. The molecule has 0 aliphatic carbocycles. The predicted octanol–water partition coefficient (Wildman–Crippen LogP) is -2.68. The van der Waals surface area contributed by atoms with Gasteiger partial charge in [-0.3, -0.25) is 9.59 Å². The average molecular weight is 763 g/mol. The summed E-state index contributed by atoms with van der Waals surface area (Å²) in [5, 5.41) is 19.5. The van der Waals surface area contributed by atoms with Crippen LogP contribution in [-0.4, -0.2) is 115 Å². The van der Waals surface area contributed by atoms with Crippen LogP contribution in [0.25, 0.3) is 11.2 Å². The maximum absolute atomic E-state index is 12.8. The van der Waals surface area contributed by atoms with E-state index >= 15 is 0 Å². The number of amides is 3. The van der Waals surface area contributed by atoms with Crippen LogP contribution in [0.1, 0.15) is 62.5 Å². The zero-order valence-corrected chi connectivity index (χ0v) is 32.2. The van der Waals surface area contributed by atoms with Crippen molar-refractivity contribution in [1.82, 2.24) is 35.9 Å². The molecule has 2 aromatic heterocycles. The number of aliphatic carboxylic acids is 1. The second-order valence-corrected chi connectivity index (χ2v) is 13.1. The van der Waals surface area contributed by atoms with Gasteiger partial charge in [0.25, 0.3) is 5.91 Å². The van der Waals surface area contributed by atoms with E-state index < -0.39 is 29.6 Å². The average Bonchev–Trinajstić information content (AvgIpc) is 3.11. The number of carbonyl (C=O) groups excluding carboxylic acids is 4. The molecule has 3 rings (SSSR count). The van der Waals surface area contributed by atoms with Crippen molar-refractivity contribution in [2.45, 2.75) is 64.6 Å². The number of nitrogens with zero attached hydrogens (tertiary/aromatic N) is 5. The second kappa shape index (κ2) is 23.9. The second-order valence-electron chi connectivity index (χ2n) is 13.1. The Kier molecular flexibility index (Phi) is 20.1. The van der Waals surface area contributed by atoms with Crippen LogP contribution in [-0.2, 0) is 35.1 Å². The maximum Gasteiger partial charge on any atom is 1.00 e. The van der Waals surface area contributed by atoms with Gasteiger partial charge >= 0.3 is 25.0 Å². The minimum absolute atomic E-state index is 0. The molecule has 0 fully saturated rings. The quantitative estimate of drug-likeness (QED) is 0.0487. The molecular weight excluding hydrogens is 711 g/mol. The molecule has 1 atom stereocenters. The Morgan fingerprint density at radius 3 is 2.07 bits per heavy atom. The first kappa shape index (κ1) is 46.4. The van der Waals surface area contributed by atoms with Crippen molar-refractivity contribution >= 4 is 52.5 Å². The van der Waals surface area contributed by atoms with Crippen LogP contribution in [0.2, 0.25) is 0 Å². The van der Waals surface area contributed by atoms with Gasteiger partial charge in [-0.2, -0.15) is 9.97 Å². The number of carboxylic acid groups (broad SMARTS) is 1. The zero-order valence-electron chi connectivity index (χ0n) is 32.2. The number of rotatable bonds is 23. The summed E-state index contributed by atoms with van der Waals surface area (Å²) < 4.78 is 21.6. The van der Waals surface area contributed by atoms with E-state index in [1.807, 2.05) is 11.9 Å². The van der Waals surface area contributed by atoms with Crippen molar-refractivity contribution in [1.29, 1.82) is 0 Å². The predicted molar refractivity (Wildman–Crippen MR) is 197 cm³/mol. The van der Waals surface area contributed by atoms with Gasteiger partial charge in [0.05, 0.1) is 56.9 Å². The molecule has 0 spiro atoms. The Balaban J connectivity index is 0.0000105. The number of ether oxygens (including phenoxy) is 4. The molecule has 0 saturated carbocycles. The van der Waals surface area contributed by atoms with Gasteiger partial charge in [-0.1, -0.05) is 0 Å². The van der Waals surface area contributed by atoms with Crippen LogP contribution in [0.3, 0.4) is 0 Å². The van der Waals surface area contributed by atoms with Gasteiger partial charge in [-0.15, -0.1) is 0 Å². The molecule has 3 amide bonds. The van der Waals surface area contributed by atoms with Gasteiger partial charge in [0, 0.05) is 51.0 Å². The van der Waals surface area contributed by atoms with Gasteiger partial charge in [0.1, 0.15) is 5.60 Å². The fourth-order valence-corrected chi connectivity index (χ4v) is 4.74. The molecule has 55 heavy (non-hydrogen) atoms. The van der Waals surface area contributed by atoms with Crippen molar-refractivity contribution in [3.05, 3.63) is 41.7 Å². The van der Waals surface area contributed by atoms with E-state index in [0.717, 1.165) is 5.69 Å². The smallest absolute Gasteiger partial charge is 0.548 e. The summed E-state index contributed by atoms with van der Waals surface area (Å²) >= 11 is 0. The Hall–Kier alpha value is -4.80. The van der Waals surface area contributed by atoms with Crippen LogP contribution < -0.4 is 56.3 Å². The Labute approximate surface area is 332 Å². The van der Waals surface area contributed by atoms with E-state index in [-0.39, 0.29) is 60.6 Å². The zero-order chi connectivity index (χ0) is 39.5. The molecule has 3 aromatic rings. The summed E-state index contributed by atoms with van der Waals surface area (Å²) in [6.45, 7) is 9.03. The third-order valence-electron chi connectivity index (χ3n) is 7.39. The molecule has 0 bridgehead atoms. The summed E-state index contributed by atoms with van der Waals surface area (Å²) in [5.41, 5.74) is 13.2. The van der Waals surface area contributed by atoms with Crippen LogP contribution in [0.15, 0.2) is 30.5 Å². The number of aromatic nitrogens is 4. The van der Waals surface area contributed by atoms with E-state index in [9.17, 15) is 24.3 Å². The molecule has 296 valence electrons. The number of anilines is 3. The van der Waals surface area contributed by atoms with Gasteiger partial charge in [-0.05, 0) is 64.3 Å². The molecule has 0 aliphatic heterocycles. The first-order chi connectivity index (χ1) is 25.7. The molecule has 0 aliphatic rings. The maximum atomic E-state index is 12.8. The number of carbonyl (C=O) groups is 4. The number of alkyl carbamates (subject to hydrolysis) is 1. The molecule has 1 unspecified atom stereocenters.